The van der Waals surface area contributed by atoms with Crippen molar-refractivity contribution in [3.05, 3.63) is 17.7 Å². The lowest BCUT2D eigenvalue weighted by molar-refractivity contribution is 0.0694. The third kappa shape index (κ3) is 2.16. The molecule has 0 aliphatic rings. The van der Waals surface area contributed by atoms with Gasteiger partial charge in [-0.15, -0.1) is 12.4 Å². The zero-order valence-electron chi connectivity index (χ0n) is 6.39. The highest BCUT2D eigenvalue weighted by Gasteiger charge is 2.11. The van der Waals surface area contributed by atoms with Crippen LogP contribution < -0.4 is 5.73 Å². The van der Waals surface area contributed by atoms with Gasteiger partial charge in [0.15, 0.2) is 0 Å². The normalized spacial score (nSPS) is 8.92. The molecule has 0 amide bonds. The molecule has 0 heterocycles. The first-order valence-electron chi connectivity index (χ1n) is 3.07. The van der Waals surface area contributed by atoms with Crippen molar-refractivity contribution < 1.29 is 20.1 Å². The highest BCUT2D eigenvalue weighted by atomic mass is 35.5. The Labute approximate surface area is 79.8 Å². The molecule has 0 fully saturated rings. The van der Waals surface area contributed by atoms with E-state index in [0.29, 0.717) is 0 Å². The van der Waals surface area contributed by atoms with E-state index in [1.54, 1.807) is 0 Å². The second-order valence-electron chi connectivity index (χ2n) is 2.23. The quantitative estimate of drug-likeness (QED) is 0.308. The molecule has 0 atom stereocenters. The van der Waals surface area contributed by atoms with Gasteiger partial charge < -0.3 is 21.1 Å². The lowest BCUT2D eigenvalue weighted by atomic mass is 10.1. The Bertz CT molecular complexity index is 340. The fraction of sp³-hybridized carbons (Fsp3) is 0. The van der Waals surface area contributed by atoms with Crippen molar-refractivity contribution >= 4 is 24.1 Å². The number of hydrogen-bond acceptors (Lipinski definition) is 4. The predicted molar refractivity (Wildman–Crippen MR) is 48.4 cm³/mol. The van der Waals surface area contributed by atoms with Crippen LogP contribution in [0, 0.1) is 0 Å². The lowest BCUT2D eigenvalue weighted by Crippen LogP contribution is -1.98. The highest BCUT2D eigenvalue weighted by molar-refractivity contribution is 5.92. The molecule has 13 heavy (non-hydrogen) atoms. The van der Waals surface area contributed by atoms with Gasteiger partial charge in [-0.25, -0.2) is 4.79 Å². The van der Waals surface area contributed by atoms with E-state index in [4.69, 9.17) is 21.1 Å². The van der Waals surface area contributed by atoms with Crippen molar-refractivity contribution in [2.24, 2.45) is 0 Å². The topological polar surface area (TPSA) is 104 Å². The Morgan fingerprint density at radius 2 is 1.77 bits per heavy atom. The highest BCUT2D eigenvalue weighted by Crippen LogP contribution is 2.28. The first kappa shape index (κ1) is 11.4. The number of carbonyl (C=O) groups is 1. The third-order valence-corrected chi connectivity index (χ3v) is 1.38. The van der Waals surface area contributed by atoms with Crippen molar-refractivity contribution in [2.45, 2.75) is 0 Å². The molecule has 1 aromatic carbocycles. The molecule has 0 unspecified atom stereocenters. The van der Waals surface area contributed by atoms with Crippen LogP contribution in [0.2, 0.25) is 0 Å². The maximum absolute atomic E-state index is 10.4. The second kappa shape index (κ2) is 3.86. The summed E-state index contributed by atoms with van der Waals surface area (Å²) in [6, 6.07) is 1.88. The number of hydrogen-bond donors (Lipinski definition) is 4. The smallest absolute Gasteiger partial charge is 0.339 e. The number of aromatic carboxylic acids is 1. The van der Waals surface area contributed by atoms with Crippen molar-refractivity contribution in [3.63, 3.8) is 0 Å². The molecule has 5 N–H and O–H groups in total. The first-order chi connectivity index (χ1) is 5.52. The van der Waals surface area contributed by atoms with Gasteiger partial charge in [0, 0.05) is 6.07 Å². The van der Waals surface area contributed by atoms with E-state index in [0.717, 1.165) is 12.1 Å². The molecular formula is C7H8ClNO4. The standard InChI is InChI=1S/C7H7NO4.ClH/c8-4-1-3(7(11)12)5(9)2-6(4)10;/h1-2,9-10H,8H2,(H,11,12);1H. The van der Waals surface area contributed by atoms with E-state index in [2.05, 4.69) is 0 Å². The van der Waals surface area contributed by atoms with Crippen LogP contribution in [0.1, 0.15) is 10.4 Å². The fourth-order valence-electron chi connectivity index (χ4n) is 0.765. The van der Waals surface area contributed by atoms with Crippen LogP contribution in [0.3, 0.4) is 0 Å². The minimum Gasteiger partial charge on any atom is -0.507 e. The molecule has 0 saturated heterocycles. The van der Waals surface area contributed by atoms with Gasteiger partial charge in [0.2, 0.25) is 0 Å². The van der Waals surface area contributed by atoms with Crippen LogP contribution in [-0.2, 0) is 0 Å². The van der Waals surface area contributed by atoms with Gasteiger partial charge in [-0.2, -0.15) is 0 Å². The van der Waals surface area contributed by atoms with Crippen molar-refractivity contribution in [2.75, 3.05) is 5.73 Å². The number of carboxylic acid groups (broad SMARTS) is 1. The largest absolute Gasteiger partial charge is 0.507 e. The van der Waals surface area contributed by atoms with Gasteiger partial charge in [0.25, 0.3) is 0 Å². The summed E-state index contributed by atoms with van der Waals surface area (Å²) in [5, 5.41) is 26.4. The summed E-state index contributed by atoms with van der Waals surface area (Å²) in [4.78, 5) is 10.4. The Balaban J connectivity index is 0.00000144. The number of halogens is 1. The molecule has 1 rings (SSSR count). The number of rotatable bonds is 1. The average Bonchev–Trinajstić information content (AvgIpc) is 1.96. The maximum atomic E-state index is 10.4. The summed E-state index contributed by atoms with van der Waals surface area (Å²) in [6.45, 7) is 0. The van der Waals surface area contributed by atoms with E-state index in [9.17, 15) is 4.79 Å². The first-order valence-corrected chi connectivity index (χ1v) is 3.07. The van der Waals surface area contributed by atoms with Crippen LogP contribution >= 0.6 is 12.4 Å². The molecular weight excluding hydrogens is 198 g/mol. The Morgan fingerprint density at radius 3 is 2.23 bits per heavy atom. The molecule has 0 aromatic heterocycles. The van der Waals surface area contributed by atoms with Gasteiger partial charge in [-0.3, -0.25) is 0 Å². The van der Waals surface area contributed by atoms with Gasteiger partial charge in [-0.1, -0.05) is 0 Å². The van der Waals surface area contributed by atoms with E-state index in [-0.39, 0.29) is 29.4 Å². The zero-order chi connectivity index (χ0) is 9.30. The predicted octanol–water partition coefficient (Wildman–Crippen LogP) is 0.800. The van der Waals surface area contributed by atoms with Crippen molar-refractivity contribution in [1.82, 2.24) is 0 Å². The lowest BCUT2D eigenvalue weighted by Gasteiger charge is -2.02. The average molecular weight is 206 g/mol. The minimum atomic E-state index is -1.29. The van der Waals surface area contributed by atoms with Gasteiger partial charge in [0.05, 0.1) is 5.69 Å². The molecule has 0 bridgehead atoms. The number of phenols is 2. The molecule has 5 nitrogen and oxygen atoms in total. The second-order valence-corrected chi connectivity index (χ2v) is 2.23. The number of nitrogen functional groups attached to an aromatic ring is 1. The molecule has 0 spiro atoms. The molecule has 1 aromatic rings. The molecule has 0 aliphatic heterocycles. The summed E-state index contributed by atoms with van der Waals surface area (Å²) in [7, 11) is 0. The zero-order valence-corrected chi connectivity index (χ0v) is 7.21. The summed E-state index contributed by atoms with van der Waals surface area (Å²) < 4.78 is 0. The number of aromatic hydroxyl groups is 2. The Morgan fingerprint density at radius 1 is 1.23 bits per heavy atom. The van der Waals surface area contributed by atoms with Crippen molar-refractivity contribution in [3.8, 4) is 11.5 Å². The third-order valence-electron chi connectivity index (χ3n) is 1.38. The van der Waals surface area contributed by atoms with E-state index in [1.165, 1.54) is 0 Å². The fourth-order valence-corrected chi connectivity index (χ4v) is 0.765. The SMILES string of the molecule is Cl.Nc1cc(C(=O)O)c(O)cc1O. The van der Waals surface area contributed by atoms with E-state index < -0.39 is 11.7 Å². The number of carboxylic acids is 1. The minimum absolute atomic E-state index is 0. The summed E-state index contributed by atoms with van der Waals surface area (Å²) in [5.41, 5.74) is 4.80. The Hall–Kier alpha value is -1.62. The maximum Gasteiger partial charge on any atom is 0.339 e. The van der Waals surface area contributed by atoms with Crippen LogP contribution in [0.5, 0.6) is 11.5 Å². The molecule has 0 radical (unpaired) electrons. The molecule has 72 valence electrons. The van der Waals surface area contributed by atoms with Crippen LogP contribution in [0.15, 0.2) is 12.1 Å². The van der Waals surface area contributed by atoms with Crippen molar-refractivity contribution in [1.29, 1.82) is 0 Å². The van der Waals surface area contributed by atoms with Gasteiger partial charge in [-0.05, 0) is 6.07 Å². The van der Waals surface area contributed by atoms with Crippen LogP contribution in [0.4, 0.5) is 5.69 Å². The summed E-state index contributed by atoms with van der Waals surface area (Å²) in [5.74, 6) is -2.13. The van der Waals surface area contributed by atoms with Gasteiger partial charge in [0.1, 0.15) is 17.1 Å². The monoisotopic (exact) mass is 205 g/mol. The summed E-state index contributed by atoms with van der Waals surface area (Å²) >= 11 is 0. The number of phenolic OH excluding ortho intramolecular Hbond substituents is 1. The van der Waals surface area contributed by atoms with E-state index in [1.807, 2.05) is 0 Å². The summed E-state index contributed by atoms with van der Waals surface area (Å²) in [6.07, 6.45) is 0. The van der Waals surface area contributed by atoms with Crippen LogP contribution in [0.25, 0.3) is 0 Å². The number of nitrogens with two attached hydrogens (primary N) is 1. The number of benzene rings is 1. The van der Waals surface area contributed by atoms with Crippen LogP contribution in [-0.4, -0.2) is 21.3 Å². The molecule has 0 saturated carbocycles. The van der Waals surface area contributed by atoms with Gasteiger partial charge >= 0.3 is 5.97 Å². The molecule has 0 aliphatic carbocycles. The Kier molecular flexibility index (Phi) is 3.38. The van der Waals surface area contributed by atoms with E-state index >= 15 is 0 Å². The molecule has 6 heteroatoms. The number of anilines is 1.